The first kappa shape index (κ1) is 16.7. The third kappa shape index (κ3) is 4.62. The number of nitrogens with two attached hydrogens (primary N) is 1. The molecule has 3 atom stereocenters. The fraction of sp³-hybridized carbons (Fsp3) is 0.562. The lowest BCUT2D eigenvalue weighted by molar-refractivity contribution is -0.125. The maximum absolute atomic E-state index is 12.2. The first-order valence-corrected chi connectivity index (χ1v) is 7.08. The predicted molar refractivity (Wildman–Crippen MR) is 81.2 cm³/mol. The third-order valence-electron chi connectivity index (χ3n) is 3.66. The highest BCUT2D eigenvalue weighted by molar-refractivity contribution is 5.79. The second kappa shape index (κ2) is 8.02. The van der Waals surface area contributed by atoms with E-state index < -0.39 is 0 Å². The highest BCUT2D eigenvalue weighted by Gasteiger charge is 2.23. The van der Waals surface area contributed by atoms with E-state index in [1.165, 1.54) is 0 Å². The summed E-state index contributed by atoms with van der Waals surface area (Å²) in [5.41, 5.74) is 7.12. The van der Waals surface area contributed by atoms with Crippen LogP contribution in [0.3, 0.4) is 0 Å². The normalized spacial score (nSPS) is 15.7. The lowest BCUT2D eigenvalue weighted by Gasteiger charge is -2.23. The summed E-state index contributed by atoms with van der Waals surface area (Å²) in [7, 11) is 1.66. The molecule has 1 aromatic carbocycles. The Hall–Kier alpha value is -1.39. The Morgan fingerprint density at radius 2 is 1.85 bits per heavy atom. The summed E-state index contributed by atoms with van der Waals surface area (Å²) >= 11 is 0. The van der Waals surface area contributed by atoms with Crippen LogP contribution in [0.4, 0.5) is 0 Å². The Bertz CT molecular complexity index is 406. The van der Waals surface area contributed by atoms with Gasteiger partial charge in [0.1, 0.15) is 0 Å². The summed E-state index contributed by atoms with van der Waals surface area (Å²) < 4.78 is 5.34. The van der Waals surface area contributed by atoms with E-state index in [1.807, 2.05) is 37.3 Å². The van der Waals surface area contributed by atoms with Gasteiger partial charge < -0.3 is 15.8 Å². The zero-order valence-electron chi connectivity index (χ0n) is 12.8. The SMILES string of the molecule is COC(CNC(=O)C(C)C(N)c1ccccc1)C(C)C. The van der Waals surface area contributed by atoms with Crippen LogP contribution in [0.5, 0.6) is 0 Å². The molecule has 0 radical (unpaired) electrons. The van der Waals surface area contributed by atoms with E-state index in [1.54, 1.807) is 7.11 Å². The molecule has 0 bridgehead atoms. The monoisotopic (exact) mass is 278 g/mol. The van der Waals surface area contributed by atoms with Gasteiger partial charge in [0.2, 0.25) is 5.91 Å². The Morgan fingerprint density at radius 1 is 1.25 bits per heavy atom. The van der Waals surface area contributed by atoms with Crippen LogP contribution >= 0.6 is 0 Å². The molecule has 112 valence electrons. The van der Waals surface area contributed by atoms with E-state index >= 15 is 0 Å². The summed E-state index contributed by atoms with van der Waals surface area (Å²) in [5, 5.41) is 2.92. The Labute approximate surface area is 121 Å². The van der Waals surface area contributed by atoms with Crippen LogP contribution in [0.25, 0.3) is 0 Å². The summed E-state index contributed by atoms with van der Waals surface area (Å²) in [6.07, 6.45) is 0.0269. The number of ether oxygens (including phenoxy) is 1. The molecule has 20 heavy (non-hydrogen) atoms. The molecule has 0 saturated carbocycles. The van der Waals surface area contributed by atoms with Crippen molar-refractivity contribution in [2.45, 2.75) is 32.9 Å². The molecule has 0 aliphatic carbocycles. The second-order valence-corrected chi connectivity index (χ2v) is 5.49. The molecule has 1 rings (SSSR count). The summed E-state index contributed by atoms with van der Waals surface area (Å²) in [4.78, 5) is 12.2. The van der Waals surface area contributed by atoms with Crippen molar-refractivity contribution in [1.82, 2.24) is 5.32 Å². The summed E-state index contributed by atoms with van der Waals surface area (Å²) in [6, 6.07) is 9.39. The standard InChI is InChI=1S/C16H26N2O2/c1-11(2)14(20-4)10-18-16(19)12(3)15(17)13-8-6-5-7-9-13/h5-9,11-12,14-15H,10,17H2,1-4H3,(H,18,19). The van der Waals surface area contributed by atoms with Crippen LogP contribution in [0, 0.1) is 11.8 Å². The molecular weight excluding hydrogens is 252 g/mol. The number of carbonyl (C=O) groups excluding carboxylic acids is 1. The van der Waals surface area contributed by atoms with Gasteiger partial charge in [0, 0.05) is 19.7 Å². The van der Waals surface area contributed by atoms with E-state index in [2.05, 4.69) is 19.2 Å². The number of carbonyl (C=O) groups is 1. The minimum atomic E-state index is -0.295. The number of methoxy groups -OCH3 is 1. The van der Waals surface area contributed by atoms with Crippen molar-refractivity contribution in [1.29, 1.82) is 0 Å². The van der Waals surface area contributed by atoms with Crippen molar-refractivity contribution in [3.63, 3.8) is 0 Å². The van der Waals surface area contributed by atoms with Gasteiger partial charge in [-0.25, -0.2) is 0 Å². The minimum absolute atomic E-state index is 0.0269. The fourth-order valence-electron chi connectivity index (χ4n) is 2.08. The van der Waals surface area contributed by atoms with Crippen molar-refractivity contribution in [2.75, 3.05) is 13.7 Å². The first-order valence-electron chi connectivity index (χ1n) is 7.08. The Kier molecular flexibility index (Phi) is 6.68. The molecule has 0 aromatic heterocycles. The smallest absolute Gasteiger partial charge is 0.224 e. The van der Waals surface area contributed by atoms with Crippen LogP contribution in [0.15, 0.2) is 30.3 Å². The Balaban J connectivity index is 2.55. The fourth-order valence-corrected chi connectivity index (χ4v) is 2.08. The molecular formula is C16H26N2O2. The topological polar surface area (TPSA) is 64.3 Å². The van der Waals surface area contributed by atoms with Crippen molar-refractivity contribution < 1.29 is 9.53 Å². The molecule has 4 heteroatoms. The van der Waals surface area contributed by atoms with Crippen LogP contribution in [-0.2, 0) is 9.53 Å². The van der Waals surface area contributed by atoms with Crippen LogP contribution in [0.2, 0.25) is 0 Å². The highest BCUT2D eigenvalue weighted by atomic mass is 16.5. The Morgan fingerprint density at radius 3 is 2.35 bits per heavy atom. The molecule has 3 N–H and O–H groups in total. The maximum Gasteiger partial charge on any atom is 0.224 e. The summed E-state index contributed by atoms with van der Waals surface area (Å²) in [5.74, 6) is 0.0459. The average molecular weight is 278 g/mol. The third-order valence-corrected chi connectivity index (χ3v) is 3.66. The summed E-state index contributed by atoms with van der Waals surface area (Å²) in [6.45, 7) is 6.50. The highest BCUT2D eigenvalue weighted by Crippen LogP contribution is 2.19. The molecule has 0 heterocycles. The average Bonchev–Trinajstić information content (AvgIpc) is 2.46. The van der Waals surface area contributed by atoms with Gasteiger partial charge in [-0.1, -0.05) is 51.1 Å². The quantitative estimate of drug-likeness (QED) is 0.803. The van der Waals surface area contributed by atoms with Crippen molar-refractivity contribution in [2.24, 2.45) is 17.6 Å². The number of amides is 1. The largest absolute Gasteiger partial charge is 0.379 e. The zero-order valence-corrected chi connectivity index (χ0v) is 12.8. The second-order valence-electron chi connectivity index (χ2n) is 5.49. The molecule has 0 fully saturated rings. The van der Waals surface area contributed by atoms with E-state index in [0.29, 0.717) is 12.5 Å². The first-order chi connectivity index (χ1) is 9.47. The zero-order chi connectivity index (χ0) is 15.1. The van der Waals surface area contributed by atoms with Crippen molar-refractivity contribution in [3.05, 3.63) is 35.9 Å². The number of rotatable bonds is 7. The van der Waals surface area contributed by atoms with Crippen molar-refractivity contribution >= 4 is 5.91 Å². The molecule has 1 aromatic rings. The van der Waals surface area contributed by atoms with Gasteiger partial charge in [-0.2, -0.15) is 0 Å². The van der Waals surface area contributed by atoms with E-state index in [9.17, 15) is 4.79 Å². The molecule has 0 spiro atoms. The number of hydrogen-bond donors (Lipinski definition) is 2. The molecule has 4 nitrogen and oxygen atoms in total. The van der Waals surface area contributed by atoms with Gasteiger partial charge in [0.25, 0.3) is 0 Å². The minimum Gasteiger partial charge on any atom is -0.379 e. The molecule has 0 aliphatic rings. The van der Waals surface area contributed by atoms with Gasteiger partial charge >= 0.3 is 0 Å². The maximum atomic E-state index is 12.2. The lowest BCUT2D eigenvalue weighted by Crippen LogP contribution is -2.41. The molecule has 1 amide bonds. The lowest BCUT2D eigenvalue weighted by atomic mass is 9.94. The predicted octanol–water partition coefficient (Wildman–Crippen LogP) is 2.11. The van der Waals surface area contributed by atoms with Gasteiger partial charge in [0.15, 0.2) is 0 Å². The molecule has 3 unspecified atom stereocenters. The van der Waals surface area contributed by atoms with Crippen LogP contribution in [0.1, 0.15) is 32.4 Å². The van der Waals surface area contributed by atoms with E-state index in [4.69, 9.17) is 10.5 Å². The van der Waals surface area contributed by atoms with E-state index in [-0.39, 0.29) is 24.0 Å². The van der Waals surface area contributed by atoms with Crippen LogP contribution < -0.4 is 11.1 Å². The van der Waals surface area contributed by atoms with Gasteiger partial charge in [-0.05, 0) is 11.5 Å². The van der Waals surface area contributed by atoms with Gasteiger partial charge in [0.05, 0.1) is 12.0 Å². The number of nitrogens with one attached hydrogen (secondary N) is 1. The van der Waals surface area contributed by atoms with Crippen LogP contribution in [-0.4, -0.2) is 25.7 Å². The van der Waals surface area contributed by atoms with E-state index in [0.717, 1.165) is 5.56 Å². The molecule has 0 aliphatic heterocycles. The van der Waals surface area contributed by atoms with Gasteiger partial charge in [-0.15, -0.1) is 0 Å². The molecule has 0 saturated heterocycles. The van der Waals surface area contributed by atoms with Gasteiger partial charge in [-0.3, -0.25) is 4.79 Å². The number of benzene rings is 1. The number of hydrogen-bond acceptors (Lipinski definition) is 3. The van der Waals surface area contributed by atoms with Crippen molar-refractivity contribution in [3.8, 4) is 0 Å².